The van der Waals surface area contributed by atoms with Gasteiger partial charge in [0.25, 0.3) is 0 Å². The molecule has 5 rings (SSSR count). The highest BCUT2D eigenvalue weighted by atomic mass is 19.1. The first-order chi connectivity index (χ1) is 10.6. The van der Waals surface area contributed by atoms with E-state index in [0.29, 0.717) is 6.54 Å². The first-order valence-corrected chi connectivity index (χ1v) is 8.18. The van der Waals surface area contributed by atoms with Gasteiger partial charge in [-0.15, -0.1) is 0 Å². The molecule has 2 nitrogen and oxygen atoms in total. The van der Waals surface area contributed by atoms with Crippen molar-refractivity contribution in [2.75, 3.05) is 19.6 Å². The zero-order valence-corrected chi connectivity index (χ0v) is 12.7. The first-order valence-electron chi connectivity index (χ1n) is 8.18. The molecule has 3 aliphatic heterocycles. The molecule has 4 aliphatic rings. The Morgan fingerprint density at radius 2 is 1.68 bits per heavy atom. The van der Waals surface area contributed by atoms with Gasteiger partial charge in [-0.2, -0.15) is 0 Å². The molecule has 1 aliphatic carbocycles. The van der Waals surface area contributed by atoms with Gasteiger partial charge >= 0.3 is 0 Å². The molecule has 22 heavy (non-hydrogen) atoms. The van der Waals surface area contributed by atoms with Gasteiger partial charge in [-0.25, -0.2) is 4.39 Å². The molecule has 3 saturated heterocycles. The topological polar surface area (TPSA) is 23.5 Å². The summed E-state index contributed by atoms with van der Waals surface area (Å²) in [5, 5.41) is 11.1. The zero-order chi connectivity index (χ0) is 15.2. The van der Waals surface area contributed by atoms with Crippen molar-refractivity contribution in [1.29, 1.82) is 0 Å². The predicted molar refractivity (Wildman–Crippen MR) is 85.4 cm³/mol. The lowest BCUT2D eigenvalue weighted by Gasteiger charge is -2.54. The van der Waals surface area contributed by atoms with Crippen molar-refractivity contribution in [2.24, 2.45) is 5.92 Å². The van der Waals surface area contributed by atoms with Crippen molar-refractivity contribution >= 4 is 0 Å². The molecular formula is C19H22FNO. The number of fused-ring (bicyclic) bond motifs is 3. The van der Waals surface area contributed by atoms with E-state index >= 15 is 4.39 Å². The summed E-state index contributed by atoms with van der Waals surface area (Å²) >= 11 is 0. The van der Waals surface area contributed by atoms with Crippen molar-refractivity contribution in [3.63, 3.8) is 0 Å². The highest BCUT2D eigenvalue weighted by Gasteiger charge is 2.57. The molecule has 0 spiro atoms. The molecule has 1 N–H and O–H groups in total. The molecule has 3 heterocycles. The number of nitrogens with zero attached hydrogens (tertiary/aromatic N) is 1. The van der Waals surface area contributed by atoms with Crippen LogP contribution in [0.25, 0.3) is 0 Å². The van der Waals surface area contributed by atoms with Crippen LogP contribution < -0.4 is 0 Å². The molecule has 2 bridgehead atoms. The third-order valence-electron chi connectivity index (χ3n) is 5.67. The zero-order valence-electron chi connectivity index (χ0n) is 12.7. The summed E-state index contributed by atoms with van der Waals surface area (Å²) in [6.45, 7) is 2.42. The molecule has 0 saturated carbocycles. The number of piperidine rings is 3. The second kappa shape index (κ2) is 5.04. The summed E-state index contributed by atoms with van der Waals surface area (Å²) in [7, 11) is 0. The van der Waals surface area contributed by atoms with E-state index in [1.807, 2.05) is 42.5 Å². The van der Waals surface area contributed by atoms with Gasteiger partial charge in [0.1, 0.15) is 5.60 Å². The van der Waals surface area contributed by atoms with E-state index in [1.165, 1.54) is 0 Å². The normalized spacial score (nSPS) is 43.5. The van der Waals surface area contributed by atoms with E-state index < -0.39 is 11.3 Å². The molecule has 3 heteroatoms. The average Bonchev–Trinajstić information content (AvgIpc) is 2.57. The molecule has 0 radical (unpaired) electrons. The smallest absolute Gasteiger partial charge is 0.177 e. The lowest BCUT2D eigenvalue weighted by atomic mass is 9.65. The number of benzene rings is 1. The summed E-state index contributed by atoms with van der Waals surface area (Å²) in [4.78, 5) is 2.19. The number of rotatable bonds is 2. The van der Waals surface area contributed by atoms with E-state index in [-0.39, 0.29) is 11.8 Å². The molecule has 3 fully saturated rings. The Kier molecular flexibility index (Phi) is 3.24. The van der Waals surface area contributed by atoms with Gasteiger partial charge in [-0.05, 0) is 49.6 Å². The monoisotopic (exact) mass is 299 g/mol. The minimum absolute atomic E-state index is 0.0603. The van der Waals surface area contributed by atoms with Crippen LogP contribution >= 0.6 is 0 Å². The maximum absolute atomic E-state index is 15.5. The largest absolute Gasteiger partial charge is 0.384 e. The van der Waals surface area contributed by atoms with Crippen molar-refractivity contribution in [3.8, 4) is 0 Å². The van der Waals surface area contributed by atoms with Crippen LogP contribution in [0.4, 0.5) is 4.39 Å². The van der Waals surface area contributed by atoms with Gasteiger partial charge in [-0.1, -0.05) is 42.5 Å². The van der Waals surface area contributed by atoms with Gasteiger partial charge < -0.3 is 10.0 Å². The molecule has 1 unspecified atom stereocenters. The van der Waals surface area contributed by atoms with Crippen LogP contribution in [-0.4, -0.2) is 40.9 Å². The van der Waals surface area contributed by atoms with Crippen molar-refractivity contribution in [3.05, 3.63) is 60.2 Å². The Balaban J connectivity index is 1.60. The second-order valence-corrected chi connectivity index (χ2v) is 6.90. The van der Waals surface area contributed by atoms with E-state index in [2.05, 4.69) is 4.90 Å². The average molecular weight is 299 g/mol. The predicted octanol–water partition coefficient (Wildman–Crippen LogP) is 3.06. The molecule has 116 valence electrons. The minimum Gasteiger partial charge on any atom is -0.384 e. The Hall–Kier alpha value is -1.45. The van der Waals surface area contributed by atoms with Crippen molar-refractivity contribution in [2.45, 2.75) is 30.0 Å². The summed E-state index contributed by atoms with van der Waals surface area (Å²) in [6, 6.07) is 10.1. The van der Waals surface area contributed by atoms with Crippen LogP contribution in [0.1, 0.15) is 24.3 Å². The number of aliphatic hydroxyl groups is 1. The van der Waals surface area contributed by atoms with Crippen molar-refractivity contribution < 1.29 is 9.50 Å². The number of allylic oxidation sites excluding steroid dienone is 2. The van der Waals surface area contributed by atoms with Gasteiger partial charge in [0.05, 0.1) is 0 Å². The van der Waals surface area contributed by atoms with Gasteiger partial charge in [-0.3, -0.25) is 0 Å². The number of halogens is 1. The SMILES string of the molecule is OC1(C2(F)C=CC(c3ccccc3)C=C2)CN2CCC1CC2. The highest BCUT2D eigenvalue weighted by Crippen LogP contribution is 2.47. The van der Waals surface area contributed by atoms with Crippen LogP contribution in [0.5, 0.6) is 0 Å². The van der Waals surface area contributed by atoms with Crippen LogP contribution in [0, 0.1) is 5.92 Å². The summed E-state index contributed by atoms with van der Waals surface area (Å²) in [5.74, 6) is 0.153. The molecule has 1 aromatic carbocycles. The van der Waals surface area contributed by atoms with Crippen LogP contribution in [-0.2, 0) is 0 Å². The fraction of sp³-hybridized carbons (Fsp3) is 0.474. The fourth-order valence-corrected chi connectivity index (χ4v) is 4.27. The Labute approximate surface area is 130 Å². The Bertz CT molecular complexity index is 589. The van der Waals surface area contributed by atoms with Crippen LogP contribution in [0.15, 0.2) is 54.6 Å². The van der Waals surface area contributed by atoms with E-state index in [4.69, 9.17) is 0 Å². The standard InChI is InChI=1S/C19H22FNO/c20-18(19(22)14-21-12-8-17(19)9-13-21)10-6-16(7-11-18)15-4-2-1-3-5-15/h1-7,10-11,16-17,22H,8-9,12-14H2. The maximum atomic E-state index is 15.5. The molecule has 0 amide bonds. The Morgan fingerprint density at radius 1 is 1.05 bits per heavy atom. The van der Waals surface area contributed by atoms with E-state index in [1.54, 1.807) is 12.2 Å². The first kappa shape index (κ1) is 14.2. The quantitative estimate of drug-likeness (QED) is 0.848. The van der Waals surface area contributed by atoms with Crippen molar-refractivity contribution in [1.82, 2.24) is 4.90 Å². The van der Waals surface area contributed by atoms with Gasteiger partial charge in [0, 0.05) is 12.5 Å². The molecular weight excluding hydrogens is 277 g/mol. The third kappa shape index (κ3) is 2.07. The van der Waals surface area contributed by atoms with Crippen LogP contribution in [0.3, 0.4) is 0 Å². The Morgan fingerprint density at radius 3 is 2.23 bits per heavy atom. The number of hydrogen-bond donors (Lipinski definition) is 1. The fourth-order valence-electron chi connectivity index (χ4n) is 4.27. The second-order valence-electron chi connectivity index (χ2n) is 6.90. The van der Waals surface area contributed by atoms with Gasteiger partial charge in [0.15, 0.2) is 5.67 Å². The lowest BCUT2D eigenvalue weighted by Crippen LogP contribution is -2.67. The van der Waals surface area contributed by atoms with Crippen LogP contribution in [0.2, 0.25) is 0 Å². The highest BCUT2D eigenvalue weighted by molar-refractivity contribution is 5.38. The van der Waals surface area contributed by atoms with E-state index in [9.17, 15) is 5.11 Å². The third-order valence-corrected chi connectivity index (χ3v) is 5.67. The maximum Gasteiger partial charge on any atom is 0.177 e. The molecule has 1 atom stereocenters. The number of alkyl halides is 1. The summed E-state index contributed by atoms with van der Waals surface area (Å²) in [6.07, 6.45) is 8.76. The summed E-state index contributed by atoms with van der Waals surface area (Å²) in [5.41, 5.74) is -1.88. The number of hydrogen-bond acceptors (Lipinski definition) is 2. The minimum atomic E-state index is -1.75. The van der Waals surface area contributed by atoms with Gasteiger partial charge in [0.2, 0.25) is 0 Å². The molecule has 1 aromatic rings. The lowest BCUT2D eigenvalue weighted by molar-refractivity contribution is -0.164. The summed E-state index contributed by atoms with van der Waals surface area (Å²) < 4.78 is 15.5. The van der Waals surface area contributed by atoms with E-state index in [0.717, 1.165) is 31.5 Å². The molecule has 0 aromatic heterocycles.